The second-order valence-corrected chi connectivity index (χ2v) is 5.94. The first-order chi connectivity index (χ1) is 9.75. The quantitative estimate of drug-likeness (QED) is 0.645. The van der Waals surface area contributed by atoms with E-state index in [-0.39, 0.29) is 30.8 Å². The fourth-order valence-corrected chi connectivity index (χ4v) is 2.13. The van der Waals surface area contributed by atoms with Crippen LogP contribution in [0.1, 0.15) is 27.7 Å². The average molecular weight is 335 g/mol. The molecule has 22 heavy (non-hydrogen) atoms. The molecule has 0 radical (unpaired) electrons. The van der Waals surface area contributed by atoms with Gasteiger partial charge in [-0.1, -0.05) is 13.8 Å². The maximum Gasteiger partial charge on any atom is 0.312 e. The number of piperazine rings is 1. The molecule has 0 spiro atoms. The number of amides is 3. The second kappa shape index (κ2) is 8.33. The van der Waals surface area contributed by atoms with Crippen LogP contribution < -0.4 is 11.1 Å². The Bertz CT molecular complexity index is 430. The van der Waals surface area contributed by atoms with Gasteiger partial charge in [0.05, 0.1) is 5.54 Å². The largest absolute Gasteiger partial charge is 0.348 e. The summed E-state index contributed by atoms with van der Waals surface area (Å²) in [5.74, 6) is -1.28. The van der Waals surface area contributed by atoms with E-state index in [1.165, 1.54) is 9.80 Å². The van der Waals surface area contributed by atoms with Crippen molar-refractivity contribution in [3.05, 3.63) is 0 Å². The summed E-state index contributed by atoms with van der Waals surface area (Å²) in [7, 11) is 0. The SMILES string of the molecule is CCN1CCN(CC(=O)NC(C)(CN)C(C)C)C(=O)C1=O.Cl. The molecule has 1 heterocycles. The van der Waals surface area contributed by atoms with E-state index in [4.69, 9.17) is 5.73 Å². The van der Waals surface area contributed by atoms with Crippen LogP contribution in [0.3, 0.4) is 0 Å². The van der Waals surface area contributed by atoms with Crippen molar-refractivity contribution in [3.8, 4) is 0 Å². The summed E-state index contributed by atoms with van der Waals surface area (Å²) in [6.07, 6.45) is 0. The molecule has 1 rings (SSSR count). The van der Waals surface area contributed by atoms with Gasteiger partial charge in [0.2, 0.25) is 5.91 Å². The molecule has 1 fully saturated rings. The molecule has 0 aromatic heterocycles. The fraction of sp³-hybridized carbons (Fsp3) is 0.786. The van der Waals surface area contributed by atoms with Gasteiger partial charge >= 0.3 is 11.8 Å². The Morgan fingerprint density at radius 2 is 1.77 bits per heavy atom. The van der Waals surface area contributed by atoms with E-state index < -0.39 is 17.4 Å². The maximum atomic E-state index is 12.1. The van der Waals surface area contributed by atoms with Crippen LogP contribution in [-0.4, -0.2) is 65.8 Å². The molecule has 1 unspecified atom stereocenters. The predicted octanol–water partition coefficient (Wildman–Crippen LogP) is -0.411. The molecule has 3 amide bonds. The highest BCUT2D eigenvalue weighted by molar-refractivity contribution is 6.35. The van der Waals surface area contributed by atoms with E-state index in [9.17, 15) is 14.4 Å². The molecule has 1 saturated heterocycles. The first kappa shape index (κ1) is 20.7. The van der Waals surface area contributed by atoms with E-state index in [0.717, 1.165) is 0 Å². The van der Waals surface area contributed by atoms with Crippen LogP contribution in [-0.2, 0) is 14.4 Å². The molecule has 0 bridgehead atoms. The van der Waals surface area contributed by atoms with Gasteiger partial charge in [0.25, 0.3) is 0 Å². The van der Waals surface area contributed by atoms with Gasteiger partial charge in [0.15, 0.2) is 0 Å². The molecule has 3 N–H and O–H groups in total. The number of nitrogens with two attached hydrogens (primary N) is 1. The molecule has 0 aliphatic carbocycles. The van der Waals surface area contributed by atoms with Gasteiger partial charge in [-0.05, 0) is 19.8 Å². The summed E-state index contributed by atoms with van der Waals surface area (Å²) >= 11 is 0. The summed E-state index contributed by atoms with van der Waals surface area (Å²) in [4.78, 5) is 38.6. The molecule has 7 nitrogen and oxygen atoms in total. The maximum absolute atomic E-state index is 12.1. The van der Waals surface area contributed by atoms with Gasteiger partial charge < -0.3 is 20.9 Å². The zero-order valence-corrected chi connectivity index (χ0v) is 14.5. The normalized spacial score (nSPS) is 18.1. The van der Waals surface area contributed by atoms with Crippen molar-refractivity contribution in [2.75, 3.05) is 32.7 Å². The Morgan fingerprint density at radius 1 is 1.27 bits per heavy atom. The van der Waals surface area contributed by atoms with Crippen LogP contribution in [0, 0.1) is 5.92 Å². The summed E-state index contributed by atoms with van der Waals surface area (Å²) in [5, 5.41) is 2.87. The van der Waals surface area contributed by atoms with Crippen LogP contribution in [0.5, 0.6) is 0 Å². The highest BCUT2D eigenvalue weighted by Gasteiger charge is 2.34. The zero-order chi connectivity index (χ0) is 16.2. The van der Waals surface area contributed by atoms with Crippen molar-refractivity contribution < 1.29 is 14.4 Å². The minimum atomic E-state index is -0.614. The van der Waals surface area contributed by atoms with Crippen LogP contribution in [0.25, 0.3) is 0 Å². The summed E-state index contributed by atoms with van der Waals surface area (Å²) in [6, 6.07) is 0. The summed E-state index contributed by atoms with van der Waals surface area (Å²) in [5.41, 5.74) is 5.20. The van der Waals surface area contributed by atoms with Crippen molar-refractivity contribution in [1.29, 1.82) is 0 Å². The second-order valence-electron chi connectivity index (χ2n) is 5.94. The van der Waals surface area contributed by atoms with Crippen molar-refractivity contribution in [2.45, 2.75) is 33.2 Å². The topological polar surface area (TPSA) is 95.7 Å². The number of hydrogen-bond acceptors (Lipinski definition) is 4. The van der Waals surface area contributed by atoms with Crippen molar-refractivity contribution >= 4 is 30.1 Å². The monoisotopic (exact) mass is 334 g/mol. The highest BCUT2D eigenvalue weighted by Crippen LogP contribution is 2.14. The van der Waals surface area contributed by atoms with Crippen molar-refractivity contribution in [3.63, 3.8) is 0 Å². The Labute approximate surface area is 138 Å². The van der Waals surface area contributed by atoms with E-state index >= 15 is 0 Å². The molecule has 0 aromatic rings. The molecule has 8 heteroatoms. The summed E-state index contributed by atoms with van der Waals surface area (Å²) < 4.78 is 0. The molecule has 0 saturated carbocycles. The van der Waals surface area contributed by atoms with Crippen molar-refractivity contribution in [1.82, 2.24) is 15.1 Å². The molecule has 128 valence electrons. The lowest BCUT2D eigenvalue weighted by molar-refractivity contribution is -0.156. The van der Waals surface area contributed by atoms with Gasteiger partial charge in [-0.3, -0.25) is 14.4 Å². The number of nitrogens with one attached hydrogen (secondary N) is 1. The van der Waals surface area contributed by atoms with Gasteiger partial charge in [-0.15, -0.1) is 12.4 Å². The van der Waals surface area contributed by atoms with E-state index in [2.05, 4.69) is 5.32 Å². The molecule has 1 atom stereocenters. The first-order valence-corrected chi connectivity index (χ1v) is 7.34. The highest BCUT2D eigenvalue weighted by atomic mass is 35.5. The fourth-order valence-electron chi connectivity index (χ4n) is 2.13. The third kappa shape index (κ3) is 4.58. The van der Waals surface area contributed by atoms with E-state index in [1.54, 1.807) is 0 Å². The van der Waals surface area contributed by atoms with Crippen molar-refractivity contribution in [2.24, 2.45) is 11.7 Å². The van der Waals surface area contributed by atoms with Gasteiger partial charge in [0.1, 0.15) is 6.54 Å². The minimum absolute atomic E-state index is 0. The smallest absolute Gasteiger partial charge is 0.312 e. The number of nitrogens with zero attached hydrogens (tertiary/aromatic N) is 2. The van der Waals surface area contributed by atoms with E-state index in [0.29, 0.717) is 26.2 Å². The lowest BCUT2D eigenvalue weighted by Gasteiger charge is -2.36. The number of hydrogen-bond donors (Lipinski definition) is 2. The third-order valence-corrected chi connectivity index (χ3v) is 4.24. The van der Waals surface area contributed by atoms with Crippen LogP contribution in [0.4, 0.5) is 0 Å². The first-order valence-electron chi connectivity index (χ1n) is 7.34. The van der Waals surface area contributed by atoms with Gasteiger partial charge in [-0.25, -0.2) is 0 Å². The molecule has 0 aromatic carbocycles. The Kier molecular flexibility index (Phi) is 7.83. The molecular weight excluding hydrogens is 308 g/mol. The van der Waals surface area contributed by atoms with Gasteiger partial charge in [-0.2, -0.15) is 0 Å². The minimum Gasteiger partial charge on any atom is -0.348 e. The Hall–Kier alpha value is -1.34. The van der Waals surface area contributed by atoms with E-state index in [1.807, 2.05) is 27.7 Å². The predicted molar refractivity (Wildman–Crippen MR) is 86.5 cm³/mol. The lowest BCUT2D eigenvalue weighted by Crippen LogP contribution is -2.60. The number of rotatable bonds is 6. The molecule has 1 aliphatic rings. The third-order valence-electron chi connectivity index (χ3n) is 4.24. The van der Waals surface area contributed by atoms with Gasteiger partial charge in [0, 0.05) is 26.2 Å². The number of halogens is 1. The number of carbonyl (C=O) groups excluding carboxylic acids is 3. The summed E-state index contributed by atoms with van der Waals surface area (Å²) in [6.45, 7) is 9.20. The average Bonchev–Trinajstić information content (AvgIpc) is 2.43. The molecule has 1 aliphatic heterocycles. The van der Waals surface area contributed by atoms with Crippen LogP contribution >= 0.6 is 12.4 Å². The lowest BCUT2D eigenvalue weighted by atomic mass is 9.88. The Balaban J connectivity index is 0.00000441. The zero-order valence-electron chi connectivity index (χ0n) is 13.7. The van der Waals surface area contributed by atoms with Crippen LogP contribution in [0.2, 0.25) is 0 Å². The standard InChI is InChI=1S/C14H26N4O3.ClH/c1-5-17-6-7-18(13(21)12(17)20)8-11(19)16-14(4,9-15)10(2)3;/h10H,5-9,15H2,1-4H3,(H,16,19);1H. The van der Waals surface area contributed by atoms with Crippen LogP contribution in [0.15, 0.2) is 0 Å². The number of likely N-dealkylation sites (N-methyl/N-ethyl adjacent to an activating group) is 1. The molecular formula is C14H27ClN4O3. The number of carbonyl (C=O) groups is 3. The Morgan fingerprint density at radius 3 is 2.23 bits per heavy atom.